The zero-order valence-electron chi connectivity index (χ0n) is 19.9. The lowest BCUT2D eigenvalue weighted by atomic mass is 9.78. The van der Waals surface area contributed by atoms with Crippen LogP contribution in [0.5, 0.6) is 11.5 Å². The maximum absolute atomic E-state index is 13.0. The van der Waals surface area contributed by atoms with Gasteiger partial charge in [0.25, 0.3) is 0 Å². The molecule has 2 saturated carbocycles. The number of carbonyl (C=O) groups excluding carboxylic acids is 2. The zero-order valence-corrected chi connectivity index (χ0v) is 19.9. The molecule has 1 heterocycles. The second-order valence-corrected chi connectivity index (χ2v) is 10.6. The van der Waals surface area contributed by atoms with Crippen LogP contribution < -0.4 is 10.1 Å². The van der Waals surface area contributed by atoms with E-state index in [1.807, 2.05) is 42.5 Å². The second-order valence-electron chi connectivity index (χ2n) is 10.6. The molecule has 3 aliphatic rings. The summed E-state index contributed by atoms with van der Waals surface area (Å²) in [4.78, 5) is 25.2. The topological polar surface area (TPSA) is 64.6 Å². The molecule has 0 spiro atoms. The standard InChI is InChI=1S/C30H29NO4/c1-30(2,19-6-4-3-5-7-19)20-8-12-22(13-9-20)34-23-14-10-21(11-15-23)31-28(32)26-18-16-24-25(17-18)35-29(33)27(24)26/h3-15,18,24-27H,16-17H2,1-2H3,(H,31,32)/t18-,24+,25-,26-,27-/m1/s1. The number of ether oxygens (including phenoxy) is 2. The van der Waals surface area contributed by atoms with Crippen LogP contribution >= 0.6 is 0 Å². The van der Waals surface area contributed by atoms with Crippen molar-refractivity contribution < 1.29 is 19.1 Å². The third-order valence-corrected chi connectivity index (χ3v) is 8.22. The fraction of sp³-hybridized carbons (Fsp3) is 0.333. The van der Waals surface area contributed by atoms with E-state index in [0.29, 0.717) is 11.4 Å². The Kier molecular flexibility index (Phi) is 5.17. The first kappa shape index (κ1) is 21.9. The van der Waals surface area contributed by atoms with Gasteiger partial charge in [0, 0.05) is 17.0 Å². The normalized spacial score (nSPS) is 26.5. The number of nitrogens with one attached hydrogen (secondary N) is 1. The monoisotopic (exact) mass is 467 g/mol. The second kappa shape index (κ2) is 8.26. The molecule has 1 amide bonds. The third-order valence-electron chi connectivity index (χ3n) is 8.22. The van der Waals surface area contributed by atoms with E-state index in [0.717, 1.165) is 18.6 Å². The van der Waals surface area contributed by atoms with Gasteiger partial charge in [0.2, 0.25) is 5.91 Å². The zero-order chi connectivity index (χ0) is 24.2. The Bertz CT molecular complexity index is 1250. The number of esters is 1. The minimum Gasteiger partial charge on any atom is -0.462 e. The van der Waals surface area contributed by atoms with Crippen molar-refractivity contribution in [3.05, 3.63) is 90.0 Å². The Balaban J connectivity index is 1.09. The van der Waals surface area contributed by atoms with Gasteiger partial charge < -0.3 is 14.8 Å². The molecule has 0 unspecified atom stereocenters. The average Bonchev–Trinajstić information content (AvgIpc) is 3.49. The lowest BCUT2D eigenvalue weighted by Gasteiger charge is -2.26. The van der Waals surface area contributed by atoms with Gasteiger partial charge in [-0.05, 0) is 66.3 Å². The largest absolute Gasteiger partial charge is 0.462 e. The van der Waals surface area contributed by atoms with Crippen LogP contribution in [0.3, 0.4) is 0 Å². The summed E-state index contributed by atoms with van der Waals surface area (Å²) in [6.07, 6.45) is 1.78. The third kappa shape index (κ3) is 3.79. The molecule has 5 atom stereocenters. The van der Waals surface area contributed by atoms with Crippen LogP contribution in [-0.4, -0.2) is 18.0 Å². The van der Waals surface area contributed by atoms with Gasteiger partial charge in [0.05, 0.1) is 11.8 Å². The van der Waals surface area contributed by atoms with E-state index in [2.05, 4.69) is 55.6 Å². The van der Waals surface area contributed by atoms with Gasteiger partial charge in [-0.1, -0.05) is 56.3 Å². The number of amides is 1. The maximum Gasteiger partial charge on any atom is 0.310 e. The number of hydrogen-bond donors (Lipinski definition) is 1. The Morgan fingerprint density at radius 2 is 1.51 bits per heavy atom. The summed E-state index contributed by atoms with van der Waals surface area (Å²) in [7, 11) is 0. The van der Waals surface area contributed by atoms with Crippen molar-refractivity contribution in [3.8, 4) is 11.5 Å². The smallest absolute Gasteiger partial charge is 0.310 e. The molecule has 1 aliphatic heterocycles. The molecule has 178 valence electrons. The fourth-order valence-electron chi connectivity index (χ4n) is 6.29. The average molecular weight is 468 g/mol. The molecule has 3 fully saturated rings. The van der Waals surface area contributed by atoms with Crippen LogP contribution in [-0.2, 0) is 19.7 Å². The molecule has 2 bridgehead atoms. The Hall–Kier alpha value is -3.60. The number of fused-ring (bicyclic) bond motifs is 1. The SMILES string of the molecule is CC(C)(c1ccccc1)c1ccc(Oc2ccc(NC(=O)[C@@H]3[C@@H]4C[C@@H]5[C@H]3C(=O)O[C@@H]5C4)cc2)cc1. The van der Waals surface area contributed by atoms with Gasteiger partial charge in [-0.3, -0.25) is 9.59 Å². The number of carbonyl (C=O) groups is 2. The highest BCUT2D eigenvalue weighted by molar-refractivity contribution is 5.97. The van der Waals surface area contributed by atoms with Crippen LogP contribution in [0.4, 0.5) is 5.69 Å². The van der Waals surface area contributed by atoms with E-state index in [-0.39, 0.29) is 47.1 Å². The van der Waals surface area contributed by atoms with Crippen LogP contribution in [0.15, 0.2) is 78.9 Å². The first-order chi connectivity index (χ1) is 16.9. The van der Waals surface area contributed by atoms with Crippen molar-refractivity contribution in [2.75, 3.05) is 5.32 Å². The minimum absolute atomic E-state index is 0.0384. The molecule has 6 rings (SSSR count). The lowest BCUT2D eigenvalue weighted by Crippen LogP contribution is -2.35. The number of hydrogen-bond acceptors (Lipinski definition) is 4. The van der Waals surface area contributed by atoms with Crippen LogP contribution in [0.25, 0.3) is 0 Å². The van der Waals surface area contributed by atoms with E-state index >= 15 is 0 Å². The number of rotatable bonds is 6. The predicted molar refractivity (Wildman–Crippen MR) is 133 cm³/mol. The molecule has 5 heteroatoms. The number of benzene rings is 3. The van der Waals surface area contributed by atoms with Crippen molar-refractivity contribution in [1.82, 2.24) is 0 Å². The first-order valence-corrected chi connectivity index (χ1v) is 12.4. The lowest BCUT2D eigenvalue weighted by molar-refractivity contribution is -0.145. The Morgan fingerprint density at radius 1 is 0.886 bits per heavy atom. The van der Waals surface area contributed by atoms with Gasteiger partial charge in [0.1, 0.15) is 17.6 Å². The van der Waals surface area contributed by atoms with Gasteiger partial charge in [0.15, 0.2) is 0 Å². The summed E-state index contributed by atoms with van der Waals surface area (Å²) in [5.74, 6) is 1.11. The molecule has 0 radical (unpaired) electrons. The molecule has 2 aliphatic carbocycles. The van der Waals surface area contributed by atoms with E-state index in [9.17, 15) is 9.59 Å². The molecule has 1 N–H and O–H groups in total. The van der Waals surface area contributed by atoms with Gasteiger partial charge in [-0.15, -0.1) is 0 Å². The highest BCUT2D eigenvalue weighted by Gasteiger charge is 2.63. The Morgan fingerprint density at radius 3 is 2.20 bits per heavy atom. The van der Waals surface area contributed by atoms with Crippen molar-refractivity contribution >= 4 is 17.6 Å². The highest BCUT2D eigenvalue weighted by atomic mass is 16.6. The van der Waals surface area contributed by atoms with Gasteiger partial charge in [-0.25, -0.2) is 0 Å². The molecule has 3 aromatic carbocycles. The highest BCUT2D eigenvalue weighted by Crippen LogP contribution is 2.57. The fourth-order valence-corrected chi connectivity index (χ4v) is 6.29. The van der Waals surface area contributed by atoms with Crippen molar-refractivity contribution in [2.45, 2.75) is 38.2 Å². The van der Waals surface area contributed by atoms with Crippen molar-refractivity contribution in [1.29, 1.82) is 0 Å². The molecule has 5 nitrogen and oxygen atoms in total. The minimum atomic E-state index is -0.277. The number of anilines is 1. The summed E-state index contributed by atoms with van der Waals surface area (Å²) in [6, 6.07) is 26.0. The van der Waals surface area contributed by atoms with Crippen LogP contribution in [0, 0.1) is 23.7 Å². The predicted octanol–water partition coefficient (Wildman–Crippen LogP) is 5.94. The van der Waals surface area contributed by atoms with E-state index in [1.165, 1.54) is 11.1 Å². The van der Waals surface area contributed by atoms with Crippen molar-refractivity contribution in [3.63, 3.8) is 0 Å². The van der Waals surface area contributed by atoms with Crippen LogP contribution in [0.2, 0.25) is 0 Å². The van der Waals surface area contributed by atoms with Gasteiger partial charge in [-0.2, -0.15) is 0 Å². The molecule has 3 aromatic rings. The van der Waals surface area contributed by atoms with Crippen LogP contribution in [0.1, 0.15) is 37.8 Å². The molecular weight excluding hydrogens is 438 g/mol. The summed E-state index contributed by atoms with van der Waals surface area (Å²) < 4.78 is 11.5. The summed E-state index contributed by atoms with van der Waals surface area (Å²) in [5.41, 5.74) is 3.08. The van der Waals surface area contributed by atoms with E-state index < -0.39 is 0 Å². The summed E-state index contributed by atoms with van der Waals surface area (Å²) >= 11 is 0. The first-order valence-electron chi connectivity index (χ1n) is 12.4. The molecule has 0 aromatic heterocycles. The van der Waals surface area contributed by atoms with Gasteiger partial charge >= 0.3 is 5.97 Å². The molecule has 35 heavy (non-hydrogen) atoms. The molecule has 1 saturated heterocycles. The van der Waals surface area contributed by atoms with E-state index in [4.69, 9.17) is 9.47 Å². The summed E-state index contributed by atoms with van der Waals surface area (Å²) in [5, 5.41) is 3.00. The Labute approximate surface area is 205 Å². The maximum atomic E-state index is 13.0. The molecular formula is C30H29NO4. The van der Waals surface area contributed by atoms with E-state index in [1.54, 1.807) is 0 Å². The summed E-state index contributed by atoms with van der Waals surface area (Å²) in [6.45, 7) is 4.44. The quantitative estimate of drug-likeness (QED) is 0.456. The van der Waals surface area contributed by atoms with Crippen molar-refractivity contribution in [2.24, 2.45) is 23.7 Å².